The summed E-state index contributed by atoms with van der Waals surface area (Å²) in [7, 11) is 0. The second kappa shape index (κ2) is 12.3. The summed E-state index contributed by atoms with van der Waals surface area (Å²) in [5, 5.41) is 4.31. The Morgan fingerprint density at radius 1 is 0.909 bits per heavy atom. The van der Waals surface area contributed by atoms with E-state index in [4.69, 9.17) is 0 Å². The molecule has 0 unspecified atom stereocenters. The molecule has 0 aliphatic heterocycles. The average molecular weight is 298 g/mol. The molecule has 2 heterocycles. The summed E-state index contributed by atoms with van der Waals surface area (Å²) in [4.78, 5) is 8.59. The lowest BCUT2D eigenvalue weighted by molar-refractivity contribution is 0.890. The largest absolute Gasteiger partial charge is 0.283 e. The van der Waals surface area contributed by atoms with Crippen molar-refractivity contribution in [1.29, 1.82) is 0 Å². The van der Waals surface area contributed by atoms with Crippen LogP contribution in [0, 0.1) is 0 Å². The second-order valence-electron chi connectivity index (χ2n) is 3.78. The van der Waals surface area contributed by atoms with Crippen molar-refractivity contribution in [3.05, 3.63) is 72.5 Å². The normalized spacial score (nSPS) is 8.41. The van der Waals surface area contributed by atoms with E-state index in [-0.39, 0.29) is 0 Å². The third-order valence-electron chi connectivity index (χ3n) is 2.17. The molecule has 0 aliphatic carbocycles. The third kappa shape index (κ3) is 6.79. The van der Waals surface area contributed by atoms with Crippen molar-refractivity contribution in [2.75, 3.05) is 0 Å². The summed E-state index contributed by atoms with van der Waals surface area (Å²) >= 11 is 0. The maximum Gasteiger partial charge on any atom is 0.134 e. The van der Waals surface area contributed by atoms with Crippen molar-refractivity contribution in [2.45, 2.75) is 34.6 Å². The molecule has 0 fully saturated rings. The van der Waals surface area contributed by atoms with Crippen LogP contribution in [0.5, 0.6) is 0 Å². The van der Waals surface area contributed by atoms with Crippen LogP contribution in [0.2, 0.25) is 0 Å². The van der Waals surface area contributed by atoms with Crippen LogP contribution in [0.3, 0.4) is 0 Å². The number of hydrogen-bond donors (Lipinski definition) is 1. The van der Waals surface area contributed by atoms with E-state index in [1.165, 1.54) is 0 Å². The molecule has 22 heavy (non-hydrogen) atoms. The topological polar surface area (TPSA) is 50.2 Å². The third-order valence-corrected chi connectivity index (χ3v) is 2.17. The minimum absolute atomic E-state index is 0.694. The molecule has 0 aromatic carbocycles. The predicted octanol–water partition coefficient (Wildman–Crippen LogP) is 4.40. The number of aromatic nitrogens is 2. The minimum atomic E-state index is 0.694. The van der Waals surface area contributed by atoms with Gasteiger partial charge in [-0.05, 0) is 31.2 Å². The molecule has 4 nitrogen and oxygen atoms in total. The molecule has 0 amide bonds. The molecular formula is C18H26N4. The van der Waals surface area contributed by atoms with Crippen LogP contribution in [-0.2, 0) is 0 Å². The SMILES string of the molecule is C=C(C)NN=C(c1ccccn1)c1ccccn1.CC.CC. The molecule has 118 valence electrons. The summed E-state index contributed by atoms with van der Waals surface area (Å²) in [5.74, 6) is 0. The number of rotatable bonds is 4. The first-order valence-corrected chi connectivity index (χ1v) is 7.59. The Bertz CT molecular complexity index is 506. The number of hydrogen-bond acceptors (Lipinski definition) is 4. The first-order chi connectivity index (χ1) is 10.8. The van der Waals surface area contributed by atoms with Crippen LogP contribution in [0.15, 0.2) is 66.2 Å². The Kier molecular flexibility index (Phi) is 10.9. The van der Waals surface area contributed by atoms with Gasteiger partial charge in [-0.1, -0.05) is 46.4 Å². The van der Waals surface area contributed by atoms with Gasteiger partial charge >= 0.3 is 0 Å². The highest BCUT2D eigenvalue weighted by Crippen LogP contribution is 2.05. The quantitative estimate of drug-likeness (QED) is 0.672. The summed E-state index contributed by atoms with van der Waals surface area (Å²) in [6, 6.07) is 11.4. The molecule has 2 rings (SSSR count). The fourth-order valence-electron chi connectivity index (χ4n) is 1.40. The number of pyridine rings is 2. The highest BCUT2D eigenvalue weighted by atomic mass is 15.3. The molecular weight excluding hydrogens is 272 g/mol. The van der Waals surface area contributed by atoms with Gasteiger partial charge in [0.15, 0.2) is 0 Å². The second-order valence-corrected chi connectivity index (χ2v) is 3.78. The van der Waals surface area contributed by atoms with Crippen molar-refractivity contribution in [3.63, 3.8) is 0 Å². The zero-order valence-corrected chi connectivity index (χ0v) is 14.2. The van der Waals surface area contributed by atoms with Crippen molar-refractivity contribution < 1.29 is 0 Å². The summed E-state index contributed by atoms with van der Waals surface area (Å²) in [5.41, 5.74) is 5.85. The van der Waals surface area contributed by atoms with E-state index in [9.17, 15) is 0 Å². The Labute approximate surface area is 134 Å². The first-order valence-electron chi connectivity index (χ1n) is 7.59. The lowest BCUT2D eigenvalue weighted by Crippen LogP contribution is -2.13. The van der Waals surface area contributed by atoms with Gasteiger partial charge in [-0.15, -0.1) is 0 Å². The Hall–Kier alpha value is -2.49. The molecule has 0 saturated heterocycles. The number of hydrazone groups is 1. The van der Waals surface area contributed by atoms with E-state index in [2.05, 4.69) is 27.1 Å². The van der Waals surface area contributed by atoms with Gasteiger partial charge in [-0.2, -0.15) is 5.10 Å². The van der Waals surface area contributed by atoms with E-state index in [0.717, 1.165) is 17.1 Å². The minimum Gasteiger partial charge on any atom is -0.283 e. The van der Waals surface area contributed by atoms with Gasteiger partial charge in [0.2, 0.25) is 0 Å². The highest BCUT2D eigenvalue weighted by molar-refractivity contribution is 6.10. The highest BCUT2D eigenvalue weighted by Gasteiger charge is 2.08. The fraction of sp³-hybridized carbons (Fsp3) is 0.278. The van der Waals surface area contributed by atoms with Gasteiger partial charge < -0.3 is 0 Å². The van der Waals surface area contributed by atoms with Gasteiger partial charge in [-0.3, -0.25) is 15.4 Å². The molecule has 0 bridgehead atoms. The van der Waals surface area contributed by atoms with Gasteiger partial charge in [-0.25, -0.2) is 0 Å². The van der Waals surface area contributed by atoms with Crippen molar-refractivity contribution in [1.82, 2.24) is 15.4 Å². The van der Waals surface area contributed by atoms with Crippen LogP contribution in [-0.4, -0.2) is 15.7 Å². The Morgan fingerprint density at radius 2 is 1.36 bits per heavy atom. The predicted molar refractivity (Wildman–Crippen MR) is 94.8 cm³/mol. The molecule has 0 saturated carbocycles. The summed E-state index contributed by atoms with van der Waals surface area (Å²) < 4.78 is 0. The zero-order chi connectivity index (χ0) is 16.8. The van der Waals surface area contributed by atoms with Crippen molar-refractivity contribution >= 4 is 5.71 Å². The van der Waals surface area contributed by atoms with Gasteiger partial charge in [0, 0.05) is 18.1 Å². The summed E-state index contributed by atoms with van der Waals surface area (Å²) in [6.07, 6.45) is 3.46. The number of nitrogens with one attached hydrogen (secondary N) is 1. The van der Waals surface area contributed by atoms with Crippen LogP contribution in [0.4, 0.5) is 0 Å². The standard InChI is InChI=1S/C14H14N4.2C2H6/c1-11(2)17-18-14(12-7-3-5-9-15-12)13-8-4-6-10-16-13;2*1-2/h3-10,17H,1H2,2H3;2*1-2H3. The van der Waals surface area contributed by atoms with E-state index < -0.39 is 0 Å². The van der Waals surface area contributed by atoms with Crippen molar-refractivity contribution in [2.24, 2.45) is 5.10 Å². The maximum atomic E-state index is 4.31. The monoisotopic (exact) mass is 298 g/mol. The van der Waals surface area contributed by atoms with Gasteiger partial charge in [0.05, 0.1) is 11.4 Å². The Balaban J connectivity index is 0.00000102. The van der Waals surface area contributed by atoms with E-state index >= 15 is 0 Å². The lowest BCUT2D eigenvalue weighted by Gasteiger charge is -2.06. The average Bonchev–Trinajstić information content (AvgIpc) is 2.60. The molecule has 1 N–H and O–H groups in total. The molecule has 0 atom stereocenters. The van der Waals surface area contributed by atoms with Gasteiger partial charge in [0.25, 0.3) is 0 Å². The maximum absolute atomic E-state index is 4.31. The smallest absolute Gasteiger partial charge is 0.134 e. The van der Waals surface area contributed by atoms with Crippen LogP contribution in [0.25, 0.3) is 0 Å². The van der Waals surface area contributed by atoms with E-state index in [0.29, 0.717) is 5.71 Å². The van der Waals surface area contributed by atoms with Crippen molar-refractivity contribution in [3.8, 4) is 0 Å². The first kappa shape index (κ1) is 19.5. The lowest BCUT2D eigenvalue weighted by atomic mass is 10.1. The molecule has 0 spiro atoms. The molecule has 2 aromatic heterocycles. The summed E-state index contributed by atoms with van der Waals surface area (Å²) in [6.45, 7) is 13.6. The van der Waals surface area contributed by atoms with E-state index in [1.807, 2.05) is 71.0 Å². The van der Waals surface area contributed by atoms with Crippen LogP contribution in [0.1, 0.15) is 46.0 Å². The molecule has 4 heteroatoms. The fourth-order valence-corrected chi connectivity index (χ4v) is 1.40. The van der Waals surface area contributed by atoms with Crippen LogP contribution >= 0.6 is 0 Å². The molecule has 0 aliphatic rings. The zero-order valence-electron chi connectivity index (χ0n) is 14.2. The molecule has 0 radical (unpaired) electrons. The van der Waals surface area contributed by atoms with Gasteiger partial charge in [0.1, 0.15) is 5.71 Å². The molecule has 2 aromatic rings. The van der Waals surface area contributed by atoms with Crippen LogP contribution < -0.4 is 5.43 Å². The number of nitrogens with zero attached hydrogens (tertiary/aromatic N) is 3. The number of allylic oxidation sites excluding steroid dienone is 1. The Morgan fingerprint density at radius 3 is 1.68 bits per heavy atom. The van der Waals surface area contributed by atoms with E-state index in [1.54, 1.807) is 12.4 Å².